The molecule has 7 heteroatoms. The van der Waals surface area contributed by atoms with E-state index in [1.165, 1.54) is 12.1 Å². The molecule has 0 heterocycles. The second-order valence-corrected chi connectivity index (χ2v) is 8.45. The molecular formula is C19H23Br2FN2OS. The highest BCUT2D eigenvalue weighted by atomic mass is 79.9. The van der Waals surface area contributed by atoms with Crippen molar-refractivity contribution < 1.29 is 9.13 Å². The molecule has 0 aromatic heterocycles. The number of halogens is 3. The van der Waals surface area contributed by atoms with Gasteiger partial charge in [0.15, 0.2) is 0 Å². The van der Waals surface area contributed by atoms with Crippen LogP contribution < -0.4 is 14.8 Å². The fraction of sp³-hybridized carbons (Fsp3) is 0.368. The van der Waals surface area contributed by atoms with Gasteiger partial charge in [0.2, 0.25) is 0 Å². The van der Waals surface area contributed by atoms with Crippen molar-refractivity contribution in [3.63, 3.8) is 0 Å². The zero-order chi connectivity index (χ0) is 18.9. The van der Waals surface area contributed by atoms with Crippen LogP contribution in [0.5, 0.6) is 5.75 Å². The number of methoxy groups -OCH3 is 1. The van der Waals surface area contributed by atoms with Crippen molar-refractivity contribution in [1.29, 1.82) is 0 Å². The molecular weight excluding hydrogens is 483 g/mol. The van der Waals surface area contributed by atoms with Gasteiger partial charge in [-0.3, -0.25) is 4.72 Å². The summed E-state index contributed by atoms with van der Waals surface area (Å²) in [7, 11) is 1.66. The summed E-state index contributed by atoms with van der Waals surface area (Å²) < 4.78 is 23.9. The topological polar surface area (TPSA) is 33.3 Å². The Bertz CT molecular complexity index is 701. The van der Waals surface area contributed by atoms with Crippen LogP contribution in [0.15, 0.2) is 50.2 Å². The molecule has 0 amide bonds. The molecule has 2 aromatic carbocycles. The van der Waals surface area contributed by atoms with E-state index in [2.05, 4.69) is 48.8 Å². The highest BCUT2D eigenvalue weighted by molar-refractivity contribution is 9.11. The first-order chi connectivity index (χ1) is 12.5. The number of benzene rings is 2. The van der Waals surface area contributed by atoms with Gasteiger partial charge in [-0.2, -0.15) is 0 Å². The number of rotatable bonds is 10. The molecule has 0 aliphatic heterocycles. The van der Waals surface area contributed by atoms with Gasteiger partial charge in [-0.25, -0.2) is 4.39 Å². The summed E-state index contributed by atoms with van der Waals surface area (Å²) in [6.45, 7) is 2.96. The molecule has 0 radical (unpaired) electrons. The third-order valence-corrected chi connectivity index (χ3v) is 6.39. The predicted molar refractivity (Wildman–Crippen MR) is 116 cm³/mol. The Kier molecular flexibility index (Phi) is 9.25. The maximum Gasteiger partial charge on any atom is 0.134 e. The van der Waals surface area contributed by atoms with Crippen molar-refractivity contribution in [3.8, 4) is 5.75 Å². The summed E-state index contributed by atoms with van der Waals surface area (Å²) in [4.78, 5) is 1.06. The minimum atomic E-state index is -0.221. The Morgan fingerprint density at radius 2 is 1.88 bits per heavy atom. The van der Waals surface area contributed by atoms with Crippen LogP contribution >= 0.6 is 43.8 Å². The third-order valence-electron chi connectivity index (χ3n) is 3.84. The molecule has 3 nitrogen and oxygen atoms in total. The Labute approximate surface area is 175 Å². The zero-order valence-corrected chi connectivity index (χ0v) is 18.8. The molecule has 2 aromatic rings. The Hall–Kier alpha value is -0.760. The lowest BCUT2D eigenvalue weighted by Crippen LogP contribution is -2.31. The van der Waals surface area contributed by atoms with Gasteiger partial charge in [0.25, 0.3) is 0 Å². The number of hydrogen-bond acceptors (Lipinski definition) is 4. The van der Waals surface area contributed by atoms with E-state index < -0.39 is 0 Å². The predicted octanol–water partition coefficient (Wildman–Crippen LogP) is 6.63. The number of anilines is 1. The minimum Gasteiger partial charge on any atom is -0.496 e. The smallest absolute Gasteiger partial charge is 0.134 e. The quantitative estimate of drug-likeness (QED) is 0.355. The lowest BCUT2D eigenvalue weighted by atomic mass is 10.1. The maximum atomic E-state index is 13.0. The molecule has 0 bridgehead atoms. The molecule has 2 N–H and O–H groups in total. The van der Waals surface area contributed by atoms with E-state index in [4.69, 9.17) is 4.74 Å². The molecule has 0 saturated heterocycles. The third kappa shape index (κ3) is 6.76. The number of nitrogens with one attached hydrogen (secondary N) is 2. The van der Waals surface area contributed by atoms with Gasteiger partial charge < -0.3 is 10.1 Å². The second-order valence-electron chi connectivity index (χ2n) is 5.86. The number of ether oxygens (including phenoxy) is 1. The van der Waals surface area contributed by atoms with Gasteiger partial charge in [0.05, 0.1) is 11.6 Å². The van der Waals surface area contributed by atoms with E-state index in [9.17, 15) is 4.39 Å². The Balaban J connectivity index is 1.97. The molecule has 0 spiro atoms. The van der Waals surface area contributed by atoms with Crippen molar-refractivity contribution in [3.05, 3.63) is 51.2 Å². The summed E-state index contributed by atoms with van der Waals surface area (Å²) in [5.74, 6) is 0.577. The molecule has 142 valence electrons. The van der Waals surface area contributed by atoms with Crippen LogP contribution in [-0.4, -0.2) is 19.7 Å². The summed E-state index contributed by atoms with van der Waals surface area (Å²) in [5, 5.41) is 3.38. The van der Waals surface area contributed by atoms with Crippen LogP contribution in [0.2, 0.25) is 0 Å². The lowest BCUT2D eigenvalue weighted by molar-refractivity contribution is 0.411. The van der Waals surface area contributed by atoms with Gasteiger partial charge in [-0.05, 0) is 86.6 Å². The average molecular weight is 506 g/mol. The monoisotopic (exact) mass is 504 g/mol. The molecule has 0 aliphatic rings. The molecule has 2 rings (SSSR count). The van der Waals surface area contributed by atoms with Gasteiger partial charge in [-0.1, -0.05) is 19.8 Å². The van der Waals surface area contributed by atoms with Crippen LogP contribution in [-0.2, 0) is 0 Å². The van der Waals surface area contributed by atoms with E-state index in [1.807, 2.05) is 12.1 Å². The Morgan fingerprint density at radius 3 is 2.54 bits per heavy atom. The molecule has 0 aliphatic carbocycles. The van der Waals surface area contributed by atoms with E-state index >= 15 is 0 Å². The van der Waals surface area contributed by atoms with Gasteiger partial charge in [0.1, 0.15) is 11.6 Å². The fourth-order valence-electron chi connectivity index (χ4n) is 2.35. The zero-order valence-electron chi connectivity index (χ0n) is 14.8. The normalized spacial score (nSPS) is 12.0. The number of unbranched alkanes of at least 4 members (excludes halogenated alkanes) is 1. The standard InChI is InChI=1S/C19H23Br2FN2OS/c1-3-4-5-15(12-23-14-8-6-13(22)7-9-14)24-26-19-11-18(25-2)16(20)10-17(19)21/h6-11,15,23-24H,3-5,12H2,1-2H3. The van der Waals surface area contributed by atoms with Crippen molar-refractivity contribution in [2.45, 2.75) is 37.1 Å². The van der Waals surface area contributed by atoms with E-state index in [1.54, 1.807) is 31.2 Å². The van der Waals surface area contributed by atoms with Gasteiger partial charge >= 0.3 is 0 Å². The highest BCUT2D eigenvalue weighted by Gasteiger charge is 2.12. The van der Waals surface area contributed by atoms with Crippen molar-refractivity contribution in [2.75, 3.05) is 19.0 Å². The Morgan fingerprint density at radius 1 is 1.15 bits per heavy atom. The molecule has 26 heavy (non-hydrogen) atoms. The van der Waals surface area contributed by atoms with Crippen LogP contribution in [0.1, 0.15) is 26.2 Å². The summed E-state index contributed by atoms with van der Waals surface area (Å²) in [6.07, 6.45) is 3.35. The van der Waals surface area contributed by atoms with Crippen LogP contribution in [0.4, 0.5) is 10.1 Å². The lowest BCUT2D eigenvalue weighted by Gasteiger charge is -2.20. The summed E-state index contributed by atoms with van der Waals surface area (Å²) in [6, 6.07) is 10.7. The van der Waals surface area contributed by atoms with Crippen molar-refractivity contribution in [2.24, 2.45) is 0 Å². The van der Waals surface area contributed by atoms with E-state index in [0.29, 0.717) is 0 Å². The molecule has 0 saturated carbocycles. The van der Waals surface area contributed by atoms with E-state index in [0.717, 1.165) is 51.1 Å². The minimum absolute atomic E-state index is 0.221. The molecule has 0 fully saturated rings. The number of hydrogen-bond donors (Lipinski definition) is 2. The second kappa shape index (κ2) is 11.2. The van der Waals surface area contributed by atoms with Crippen LogP contribution in [0.3, 0.4) is 0 Å². The van der Waals surface area contributed by atoms with Gasteiger partial charge in [-0.15, -0.1) is 0 Å². The van der Waals surface area contributed by atoms with E-state index in [-0.39, 0.29) is 11.9 Å². The largest absolute Gasteiger partial charge is 0.496 e. The fourth-order valence-corrected chi connectivity index (χ4v) is 4.57. The first-order valence-electron chi connectivity index (χ1n) is 8.48. The van der Waals surface area contributed by atoms with Crippen LogP contribution in [0.25, 0.3) is 0 Å². The SMILES string of the molecule is CCCCC(CNc1ccc(F)cc1)NSc1cc(OC)c(Br)cc1Br. The highest BCUT2D eigenvalue weighted by Crippen LogP contribution is 2.36. The average Bonchev–Trinajstić information content (AvgIpc) is 2.63. The van der Waals surface area contributed by atoms with Gasteiger partial charge in [0, 0.05) is 27.6 Å². The maximum absolute atomic E-state index is 13.0. The molecule has 1 atom stereocenters. The summed E-state index contributed by atoms with van der Waals surface area (Å²) >= 11 is 8.67. The molecule has 1 unspecified atom stereocenters. The van der Waals surface area contributed by atoms with Crippen LogP contribution in [0, 0.1) is 5.82 Å². The van der Waals surface area contributed by atoms with Crippen molar-refractivity contribution in [1.82, 2.24) is 4.72 Å². The summed E-state index contributed by atoms with van der Waals surface area (Å²) in [5.41, 5.74) is 0.922. The van der Waals surface area contributed by atoms with Crippen molar-refractivity contribution >= 4 is 49.5 Å². The first-order valence-corrected chi connectivity index (χ1v) is 10.9. The first kappa shape index (κ1) is 21.5.